The third kappa shape index (κ3) is 5.66. The number of rotatable bonds is 8. The van der Waals surface area contributed by atoms with Crippen molar-refractivity contribution in [1.29, 1.82) is 0 Å². The lowest BCUT2D eigenvalue weighted by atomic mass is 10.2. The molecule has 3 aromatic rings. The standard InChI is InChI=1S/C20H22ClN3O2S/c1-23(2)9-10-24(13-15-5-7-16(21)8-6-15)19(25)12-17-14-27-20(22-17)18-4-3-11-26-18/h3-8,11,14H,9-10,12-13H2,1-2H3. The van der Waals surface area contributed by atoms with Crippen LogP contribution in [-0.4, -0.2) is 47.9 Å². The van der Waals surface area contributed by atoms with Crippen LogP contribution in [0.5, 0.6) is 0 Å². The largest absolute Gasteiger partial charge is 0.462 e. The maximum Gasteiger partial charge on any atom is 0.228 e. The van der Waals surface area contributed by atoms with Crippen LogP contribution in [0.4, 0.5) is 0 Å². The first kappa shape index (κ1) is 19.6. The molecule has 0 spiro atoms. The molecule has 3 rings (SSSR count). The van der Waals surface area contributed by atoms with E-state index in [1.807, 2.05) is 60.8 Å². The number of benzene rings is 1. The van der Waals surface area contributed by atoms with Crippen LogP contribution in [0, 0.1) is 0 Å². The third-order valence-corrected chi connectivity index (χ3v) is 5.23. The van der Waals surface area contributed by atoms with E-state index >= 15 is 0 Å². The van der Waals surface area contributed by atoms with Crippen molar-refractivity contribution < 1.29 is 9.21 Å². The van der Waals surface area contributed by atoms with E-state index in [0.717, 1.165) is 28.6 Å². The number of furan rings is 1. The summed E-state index contributed by atoms with van der Waals surface area (Å²) in [5.41, 5.74) is 1.82. The van der Waals surface area contributed by atoms with E-state index in [2.05, 4.69) is 9.88 Å². The fourth-order valence-corrected chi connectivity index (χ4v) is 3.50. The molecule has 0 radical (unpaired) electrons. The molecular weight excluding hydrogens is 382 g/mol. The molecule has 142 valence electrons. The molecule has 0 bridgehead atoms. The van der Waals surface area contributed by atoms with Gasteiger partial charge in [-0.2, -0.15) is 0 Å². The summed E-state index contributed by atoms with van der Waals surface area (Å²) in [6, 6.07) is 11.3. The molecule has 27 heavy (non-hydrogen) atoms. The number of carbonyl (C=O) groups is 1. The van der Waals surface area contributed by atoms with E-state index in [0.29, 0.717) is 18.1 Å². The Morgan fingerprint density at radius 2 is 1.96 bits per heavy atom. The molecule has 0 aliphatic carbocycles. The number of aromatic nitrogens is 1. The van der Waals surface area contributed by atoms with Gasteiger partial charge >= 0.3 is 0 Å². The van der Waals surface area contributed by atoms with Crippen molar-refractivity contribution in [2.75, 3.05) is 27.2 Å². The minimum Gasteiger partial charge on any atom is -0.462 e. The summed E-state index contributed by atoms with van der Waals surface area (Å²) >= 11 is 7.45. The number of hydrogen-bond acceptors (Lipinski definition) is 5. The van der Waals surface area contributed by atoms with Gasteiger partial charge in [0, 0.05) is 30.0 Å². The molecule has 1 aromatic carbocycles. The highest BCUT2D eigenvalue weighted by atomic mass is 35.5. The van der Waals surface area contributed by atoms with Gasteiger partial charge in [-0.25, -0.2) is 4.98 Å². The fraction of sp³-hybridized carbons (Fsp3) is 0.300. The molecule has 0 atom stereocenters. The zero-order valence-electron chi connectivity index (χ0n) is 15.4. The molecule has 2 aromatic heterocycles. The van der Waals surface area contributed by atoms with E-state index < -0.39 is 0 Å². The average Bonchev–Trinajstić information content (AvgIpc) is 3.31. The smallest absolute Gasteiger partial charge is 0.228 e. The quantitative estimate of drug-likeness (QED) is 0.565. The highest BCUT2D eigenvalue weighted by molar-refractivity contribution is 7.13. The number of hydrogen-bond donors (Lipinski definition) is 0. The first-order valence-electron chi connectivity index (χ1n) is 8.66. The molecule has 1 amide bonds. The molecule has 7 heteroatoms. The predicted molar refractivity (Wildman–Crippen MR) is 109 cm³/mol. The number of nitrogens with zero attached hydrogens (tertiary/aromatic N) is 3. The van der Waals surface area contributed by atoms with Crippen LogP contribution in [0.2, 0.25) is 5.02 Å². The molecule has 0 saturated carbocycles. The Labute approximate surface area is 168 Å². The minimum absolute atomic E-state index is 0.0584. The average molecular weight is 404 g/mol. The summed E-state index contributed by atoms with van der Waals surface area (Å²) in [6.07, 6.45) is 1.90. The second-order valence-corrected chi connectivity index (χ2v) is 7.84. The summed E-state index contributed by atoms with van der Waals surface area (Å²) in [5, 5.41) is 3.40. The van der Waals surface area contributed by atoms with E-state index in [1.54, 1.807) is 6.26 Å². The molecule has 2 heterocycles. The SMILES string of the molecule is CN(C)CCN(Cc1ccc(Cl)cc1)C(=O)Cc1csc(-c2ccco2)n1. The number of thiazole rings is 1. The first-order chi connectivity index (χ1) is 13.0. The van der Waals surface area contributed by atoms with Crippen molar-refractivity contribution in [3.63, 3.8) is 0 Å². The second-order valence-electron chi connectivity index (χ2n) is 6.54. The zero-order chi connectivity index (χ0) is 19.2. The Kier molecular flexibility index (Phi) is 6.66. The third-order valence-electron chi connectivity index (χ3n) is 4.07. The first-order valence-corrected chi connectivity index (χ1v) is 9.92. The monoisotopic (exact) mass is 403 g/mol. The predicted octanol–water partition coefficient (Wildman–Crippen LogP) is 4.19. The summed E-state index contributed by atoms with van der Waals surface area (Å²) < 4.78 is 5.38. The Morgan fingerprint density at radius 3 is 2.63 bits per heavy atom. The van der Waals surface area contributed by atoms with Gasteiger partial charge in [0.05, 0.1) is 18.4 Å². The van der Waals surface area contributed by atoms with Gasteiger partial charge in [-0.3, -0.25) is 4.79 Å². The molecule has 0 N–H and O–H groups in total. The molecule has 0 unspecified atom stereocenters. The molecule has 0 saturated heterocycles. The summed E-state index contributed by atoms with van der Waals surface area (Å²) in [5.74, 6) is 0.785. The summed E-state index contributed by atoms with van der Waals surface area (Å²) in [4.78, 5) is 21.4. The summed E-state index contributed by atoms with van der Waals surface area (Å²) in [6.45, 7) is 2.01. The second kappa shape index (κ2) is 9.17. The Hall–Kier alpha value is -2.15. The topological polar surface area (TPSA) is 49.6 Å². The lowest BCUT2D eigenvalue weighted by Gasteiger charge is -2.24. The Morgan fingerprint density at radius 1 is 1.19 bits per heavy atom. The minimum atomic E-state index is 0.0584. The molecular formula is C20H22ClN3O2S. The number of halogens is 1. The van der Waals surface area contributed by atoms with Crippen LogP contribution in [0.25, 0.3) is 10.8 Å². The van der Waals surface area contributed by atoms with Gasteiger partial charge in [-0.15, -0.1) is 11.3 Å². The van der Waals surface area contributed by atoms with Crippen molar-refractivity contribution >= 4 is 28.8 Å². The van der Waals surface area contributed by atoms with Crippen LogP contribution in [-0.2, 0) is 17.8 Å². The highest BCUT2D eigenvalue weighted by Crippen LogP contribution is 2.24. The van der Waals surface area contributed by atoms with Crippen LogP contribution in [0.1, 0.15) is 11.3 Å². The molecule has 0 fully saturated rings. The van der Waals surface area contributed by atoms with Gasteiger partial charge < -0.3 is 14.2 Å². The number of carbonyl (C=O) groups excluding carboxylic acids is 1. The maximum atomic E-state index is 12.9. The molecule has 0 aliphatic rings. The van der Waals surface area contributed by atoms with Gasteiger partial charge in [0.25, 0.3) is 0 Å². The van der Waals surface area contributed by atoms with Gasteiger partial charge in [0.2, 0.25) is 5.91 Å². The maximum absolute atomic E-state index is 12.9. The van der Waals surface area contributed by atoms with E-state index in [1.165, 1.54) is 11.3 Å². The van der Waals surface area contributed by atoms with Crippen LogP contribution < -0.4 is 0 Å². The van der Waals surface area contributed by atoms with Crippen molar-refractivity contribution in [1.82, 2.24) is 14.8 Å². The van der Waals surface area contributed by atoms with E-state index in [4.69, 9.17) is 16.0 Å². The number of amides is 1. The van der Waals surface area contributed by atoms with Gasteiger partial charge in [-0.1, -0.05) is 23.7 Å². The van der Waals surface area contributed by atoms with Crippen LogP contribution in [0.3, 0.4) is 0 Å². The van der Waals surface area contributed by atoms with Gasteiger partial charge in [-0.05, 0) is 43.9 Å². The van der Waals surface area contributed by atoms with E-state index in [-0.39, 0.29) is 12.3 Å². The summed E-state index contributed by atoms with van der Waals surface area (Å²) in [7, 11) is 4.00. The van der Waals surface area contributed by atoms with Gasteiger partial charge in [0.1, 0.15) is 0 Å². The molecule has 0 aliphatic heterocycles. The van der Waals surface area contributed by atoms with Gasteiger partial charge in [0.15, 0.2) is 10.8 Å². The van der Waals surface area contributed by atoms with E-state index in [9.17, 15) is 4.79 Å². The van der Waals surface area contributed by atoms with Crippen LogP contribution >= 0.6 is 22.9 Å². The Bertz CT molecular complexity index is 860. The number of likely N-dealkylation sites (N-methyl/N-ethyl adjacent to an activating group) is 1. The normalized spacial score (nSPS) is 11.1. The fourth-order valence-electron chi connectivity index (χ4n) is 2.59. The lowest BCUT2D eigenvalue weighted by molar-refractivity contribution is -0.131. The van der Waals surface area contributed by atoms with Crippen molar-refractivity contribution in [3.8, 4) is 10.8 Å². The Balaban J connectivity index is 1.69. The lowest BCUT2D eigenvalue weighted by Crippen LogP contribution is -2.37. The van der Waals surface area contributed by atoms with Crippen molar-refractivity contribution in [2.45, 2.75) is 13.0 Å². The zero-order valence-corrected chi connectivity index (χ0v) is 17.0. The van der Waals surface area contributed by atoms with Crippen molar-refractivity contribution in [2.24, 2.45) is 0 Å². The highest BCUT2D eigenvalue weighted by Gasteiger charge is 2.17. The van der Waals surface area contributed by atoms with Crippen molar-refractivity contribution in [3.05, 3.63) is 64.3 Å². The van der Waals surface area contributed by atoms with Crippen LogP contribution in [0.15, 0.2) is 52.5 Å². The molecule has 5 nitrogen and oxygen atoms in total.